The number of imide groups is 1. The molecule has 2 amide bonds. The van der Waals surface area contributed by atoms with E-state index in [-0.39, 0.29) is 17.6 Å². The van der Waals surface area contributed by atoms with Crippen molar-refractivity contribution in [3.63, 3.8) is 0 Å². The number of rotatable bonds is 5. The Hall–Kier alpha value is -3.89. The first-order chi connectivity index (χ1) is 16.9. The maximum absolute atomic E-state index is 13.9. The van der Waals surface area contributed by atoms with Crippen LogP contribution in [0.25, 0.3) is 10.8 Å². The summed E-state index contributed by atoms with van der Waals surface area (Å²) >= 11 is 0. The molecule has 35 heavy (non-hydrogen) atoms. The highest BCUT2D eigenvalue weighted by Gasteiger charge is 2.73. The molecule has 0 unspecified atom stereocenters. The van der Waals surface area contributed by atoms with Gasteiger partial charge >= 0.3 is 0 Å². The molecule has 4 atom stereocenters. The molecule has 7 heteroatoms. The van der Waals surface area contributed by atoms with Crippen LogP contribution in [0.4, 0.5) is 5.69 Å². The van der Waals surface area contributed by atoms with Crippen LogP contribution in [0.2, 0.25) is 0 Å². The van der Waals surface area contributed by atoms with Gasteiger partial charge in [-0.3, -0.25) is 9.59 Å². The van der Waals surface area contributed by atoms with Crippen molar-refractivity contribution in [2.75, 3.05) is 11.5 Å². The Labute approximate surface area is 202 Å². The van der Waals surface area contributed by atoms with E-state index in [1.54, 1.807) is 30.3 Å². The van der Waals surface area contributed by atoms with Crippen LogP contribution in [-0.2, 0) is 14.3 Å². The summed E-state index contributed by atoms with van der Waals surface area (Å²) < 4.78 is 12.3. The molecule has 3 saturated heterocycles. The minimum atomic E-state index is -0.778. The van der Waals surface area contributed by atoms with E-state index in [1.165, 1.54) is 11.0 Å². The van der Waals surface area contributed by atoms with Gasteiger partial charge in [0.25, 0.3) is 0 Å². The Balaban J connectivity index is 1.34. The molecule has 0 radical (unpaired) electrons. The number of carbonyl (C=O) groups excluding carboxylic acids is 2. The molecule has 3 aromatic rings. The minimum Gasteiger partial charge on any atom is -0.508 e. The monoisotopic (exact) mass is 468 g/mol. The first-order valence-electron chi connectivity index (χ1n) is 11.8. The molecule has 6 rings (SSSR count). The first kappa shape index (κ1) is 21.6. The molecule has 7 nitrogen and oxygen atoms in total. The van der Waals surface area contributed by atoms with E-state index in [9.17, 15) is 20.0 Å². The summed E-state index contributed by atoms with van der Waals surface area (Å²) in [5.41, 5.74) is -0.475. The number of hydrogen-bond acceptors (Lipinski definition) is 6. The summed E-state index contributed by atoms with van der Waals surface area (Å²) in [4.78, 5) is 29.0. The zero-order chi connectivity index (χ0) is 24.4. The van der Waals surface area contributed by atoms with Crippen molar-refractivity contribution >= 4 is 28.3 Å². The molecule has 0 saturated carbocycles. The molecular formula is C28H24N2O5. The van der Waals surface area contributed by atoms with Crippen molar-refractivity contribution in [2.45, 2.75) is 37.4 Å². The average Bonchev–Trinajstić information content (AvgIpc) is 3.43. The number of phenols is 1. The smallest absolute Gasteiger partial charge is 0.240 e. The summed E-state index contributed by atoms with van der Waals surface area (Å²) in [7, 11) is 0. The summed E-state index contributed by atoms with van der Waals surface area (Å²) in [5.74, 6) is -0.984. The molecule has 176 valence electrons. The van der Waals surface area contributed by atoms with Gasteiger partial charge in [-0.2, -0.15) is 5.26 Å². The van der Waals surface area contributed by atoms with Crippen molar-refractivity contribution < 1.29 is 24.2 Å². The average molecular weight is 469 g/mol. The third-order valence-corrected chi connectivity index (χ3v) is 7.89. The van der Waals surface area contributed by atoms with Crippen LogP contribution in [0.15, 0.2) is 60.7 Å². The van der Waals surface area contributed by atoms with Gasteiger partial charge in [-0.1, -0.05) is 30.3 Å². The number of nitrogens with zero attached hydrogens (tertiary/aromatic N) is 2. The van der Waals surface area contributed by atoms with Crippen LogP contribution in [0.5, 0.6) is 11.5 Å². The number of anilines is 1. The standard InChI is InChI=1S/C28H24N2O5/c1-27-11-12-28(35-27,13-14-34-19-6-4-5-18(31)15-19)24-23(27)25(32)30(26(24)33)22-10-9-17(16-29)20-7-2-3-8-21(20)22/h2-10,15,23-24,31H,11-14H2,1H3/t23-,24+,27-,28-/m1/s1. The van der Waals surface area contributed by atoms with Gasteiger partial charge in [0.2, 0.25) is 11.8 Å². The Morgan fingerprint density at radius 1 is 1.06 bits per heavy atom. The highest BCUT2D eigenvalue weighted by molar-refractivity contribution is 6.26. The molecule has 0 aromatic heterocycles. The maximum Gasteiger partial charge on any atom is 0.240 e. The van der Waals surface area contributed by atoms with E-state index in [1.807, 2.05) is 31.2 Å². The number of benzene rings is 3. The van der Waals surface area contributed by atoms with Crippen LogP contribution in [0.3, 0.4) is 0 Å². The quantitative estimate of drug-likeness (QED) is 0.560. The van der Waals surface area contributed by atoms with Gasteiger partial charge in [0.1, 0.15) is 11.5 Å². The van der Waals surface area contributed by atoms with E-state index >= 15 is 0 Å². The Bertz CT molecular complexity index is 1430. The molecule has 3 heterocycles. The molecule has 3 aromatic carbocycles. The third kappa shape index (κ3) is 3.06. The van der Waals surface area contributed by atoms with Crippen molar-refractivity contribution in [1.29, 1.82) is 5.26 Å². The lowest BCUT2D eigenvalue weighted by Crippen LogP contribution is -2.43. The van der Waals surface area contributed by atoms with Crippen LogP contribution < -0.4 is 9.64 Å². The van der Waals surface area contributed by atoms with E-state index < -0.39 is 23.0 Å². The van der Waals surface area contributed by atoms with Gasteiger partial charge in [0, 0.05) is 23.3 Å². The lowest BCUT2D eigenvalue weighted by molar-refractivity contribution is -0.131. The SMILES string of the molecule is C[C@]12CC[C@](CCOc3cccc(O)c3)(O1)[C@@H]1C(=O)N(c3ccc(C#N)c4ccccc34)C(=O)[C@@H]12. The Morgan fingerprint density at radius 2 is 1.83 bits per heavy atom. The lowest BCUT2D eigenvalue weighted by Gasteiger charge is -2.31. The molecule has 1 N–H and O–H groups in total. The minimum absolute atomic E-state index is 0.119. The molecule has 3 aliphatic rings. The van der Waals surface area contributed by atoms with Crippen molar-refractivity contribution in [1.82, 2.24) is 0 Å². The normalized spacial score (nSPS) is 29.0. The van der Waals surface area contributed by atoms with Gasteiger partial charge < -0.3 is 14.6 Å². The summed E-state index contributed by atoms with van der Waals surface area (Å²) in [6, 6.07) is 19.5. The number of fused-ring (bicyclic) bond motifs is 6. The van der Waals surface area contributed by atoms with Gasteiger partial charge in [-0.15, -0.1) is 0 Å². The second kappa shape index (κ2) is 7.56. The largest absolute Gasteiger partial charge is 0.508 e. The molecule has 0 spiro atoms. The second-order valence-electron chi connectivity index (χ2n) is 9.83. The number of aromatic hydroxyl groups is 1. The van der Waals surface area contributed by atoms with Crippen LogP contribution >= 0.6 is 0 Å². The summed E-state index contributed by atoms with van der Waals surface area (Å²) in [6.45, 7) is 2.23. The zero-order valence-electron chi connectivity index (χ0n) is 19.2. The molecule has 0 aliphatic carbocycles. The Kier molecular flexibility index (Phi) is 4.67. The lowest BCUT2D eigenvalue weighted by atomic mass is 9.67. The third-order valence-electron chi connectivity index (χ3n) is 7.89. The number of nitriles is 1. The molecule has 3 aliphatic heterocycles. The zero-order valence-corrected chi connectivity index (χ0v) is 19.2. The number of ether oxygens (including phenoxy) is 2. The second-order valence-corrected chi connectivity index (χ2v) is 9.83. The summed E-state index contributed by atoms with van der Waals surface area (Å²) in [5, 5.41) is 20.6. The highest BCUT2D eigenvalue weighted by Crippen LogP contribution is 2.62. The van der Waals surface area contributed by atoms with Crippen LogP contribution in [0, 0.1) is 23.2 Å². The first-order valence-corrected chi connectivity index (χ1v) is 11.8. The fraction of sp³-hybridized carbons (Fsp3) is 0.321. The van der Waals surface area contributed by atoms with E-state index in [4.69, 9.17) is 9.47 Å². The fourth-order valence-electron chi connectivity index (χ4n) is 6.34. The molecule has 2 bridgehead atoms. The van der Waals surface area contributed by atoms with Gasteiger partial charge in [0.15, 0.2) is 0 Å². The van der Waals surface area contributed by atoms with E-state index in [2.05, 4.69) is 6.07 Å². The fourth-order valence-corrected chi connectivity index (χ4v) is 6.34. The van der Waals surface area contributed by atoms with Crippen molar-refractivity contribution in [3.05, 3.63) is 66.2 Å². The number of carbonyl (C=O) groups is 2. The van der Waals surface area contributed by atoms with Gasteiger partial charge in [0.05, 0.1) is 47.0 Å². The maximum atomic E-state index is 13.9. The molecule has 3 fully saturated rings. The number of hydrogen-bond donors (Lipinski definition) is 1. The number of phenolic OH excluding ortho intramolecular Hbond substituents is 1. The topological polar surface area (TPSA) is 99.9 Å². The van der Waals surface area contributed by atoms with Crippen molar-refractivity contribution in [2.24, 2.45) is 11.8 Å². The van der Waals surface area contributed by atoms with Crippen LogP contribution in [-0.4, -0.2) is 34.7 Å². The van der Waals surface area contributed by atoms with Crippen LogP contribution in [0.1, 0.15) is 31.7 Å². The summed E-state index contributed by atoms with van der Waals surface area (Å²) in [6.07, 6.45) is 1.83. The molecular weight excluding hydrogens is 444 g/mol. The highest BCUT2D eigenvalue weighted by atomic mass is 16.5. The predicted octanol–water partition coefficient (Wildman–Crippen LogP) is 4.31. The van der Waals surface area contributed by atoms with E-state index in [0.29, 0.717) is 53.6 Å². The Morgan fingerprint density at radius 3 is 2.60 bits per heavy atom. The van der Waals surface area contributed by atoms with Crippen molar-refractivity contribution in [3.8, 4) is 17.6 Å². The van der Waals surface area contributed by atoms with Gasteiger partial charge in [-0.25, -0.2) is 4.90 Å². The predicted molar refractivity (Wildman–Crippen MR) is 128 cm³/mol. The van der Waals surface area contributed by atoms with E-state index in [0.717, 1.165) is 0 Å². The van der Waals surface area contributed by atoms with Gasteiger partial charge in [-0.05, 0) is 44.0 Å². The number of amides is 2.